The van der Waals surface area contributed by atoms with Crippen molar-refractivity contribution < 1.29 is 9.59 Å². The normalized spacial score (nSPS) is 15.1. The lowest BCUT2D eigenvalue weighted by molar-refractivity contribution is -0.123. The van der Waals surface area contributed by atoms with Gasteiger partial charge in [-0.3, -0.25) is 14.5 Å². The molecular formula is C27H20Cl2N2O2S. The summed E-state index contributed by atoms with van der Waals surface area (Å²) in [6.07, 6.45) is 3.80. The molecule has 0 spiro atoms. The Hall–Kier alpha value is -2.99. The van der Waals surface area contributed by atoms with Gasteiger partial charge in [-0.05, 0) is 54.1 Å². The van der Waals surface area contributed by atoms with Gasteiger partial charge in [0.05, 0.1) is 11.4 Å². The van der Waals surface area contributed by atoms with Crippen LogP contribution in [0.3, 0.4) is 0 Å². The molecule has 2 amide bonds. The fourth-order valence-electron chi connectivity index (χ4n) is 4.01. The first-order chi connectivity index (χ1) is 16.4. The quantitative estimate of drug-likeness (QED) is 0.262. The minimum absolute atomic E-state index is 0.256. The number of carbonyl (C=O) groups is 2. The predicted molar refractivity (Wildman–Crippen MR) is 140 cm³/mol. The molecule has 0 saturated carbocycles. The number of hydrogen-bond donors (Lipinski definition) is 0. The molecule has 0 atom stereocenters. The second-order valence-corrected chi connectivity index (χ2v) is 10.1. The molecule has 1 aliphatic heterocycles. The zero-order valence-electron chi connectivity index (χ0n) is 18.3. The molecular weight excluding hydrogens is 487 g/mol. The zero-order chi connectivity index (χ0) is 23.8. The fraction of sp³-hybridized carbons (Fsp3) is 0.111. The molecule has 1 saturated heterocycles. The van der Waals surface area contributed by atoms with Crippen LogP contribution in [0, 0.1) is 6.92 Å². The van der Waals surface area contributed by atoms with Gasteiger partial charge in [-0.1, -0.05) is 77.3 Å². The number of amides is 2. The average Bonchev–Trinajstić information content (AvgIpc) is 3.29. The fourth-order valence-corrected chi connectivity index (χ4v) is 5.31. The summed E-state index contributed by atoms with van der Waals surface area (Å²) >= 11 is 13.4. The molecule has 4 nitrogen and oxygen atoms in total. The molecule has 3 aromatic carbocycles. The molecule has 0 aliphatic carbocycles. The number of thioether (sulfide) groups is 1. The van der Waals surface area contributed by atoms with Crippen LogP contribution >= 0.6 is 35.0 Å². The first kappa shape index (κ1) is 22.8. The Kier molecular flexibility index (Phi) is 6.26. The molecule has 0 bridgehead atoms. The molecule has 5 rings (SSSR count). The Morgan fingerprint density at radius 3 is 2.47 bits per heavy atom. The molecule has 0 unspecified atom stereocenters. The van der Waals surface area contributed by atoms with Crippen molar-refractivity contribution in [3.63, 3.8) is 0 Å². The maximum Gasteiger partial charge on any atom is 0.293 e. The molecule has 4 aromatic rings. The van der Waals surface area contributed by atoms with Crippen LogP contribution in [0.15, 0.2) is 77.8 Å². The van der Waals surface area contributed by atoms with Crippen LogP contribution in [0.25, 0.3) is 17.0 Å². The standard InChI is InChI=1S/C27H20Cl2N2O2S/c1-17-6-8-18(9-7-17)14-31-26(32)25(34-27(31)33)12-20-16-30(24-5-3-2-4-22(20)24)15-19-10-11-21(28)13-23(19)29/h2-13,16H,14-15H2,1H3/b25-12-. The van der Waals surface area contributed by atoms with Crippen LogP contribution < -0.4 is 0 Å². The number of benzene rings is 3. The number of imide groups is 1. The van der Waals surface area contributed by atoms with Crippen molar-refractivity contribution >= 4 is 63.1 Å². The van der Waals surface area contributed by atoms with Gasteiger partial charge in [-0.2, -0.15) is 0 Å². The van der Waals surface area contributed by atoms with E-state index in [4.69, 9.17) is 23.2 Å². The highest BCUT2D eigenvalue weighted by molar-refractivity contribution is 8.18. The minimum atomic E-state index is -0.270. The van der Waals surface area contributed by atoms with Gasteiger partial charge in [0, 0.05) is 39.3 Å². The summed E-state index contributed by atoms with van der Waals surface area (Å²) in [5.74, 6) is -0.270. The summed E-state index contributed by atoms with van der Waals surface area (Å²) in [7, 11) is 0. The van der Waals surface area contributed by atoms with Gasteiger partial charge in [0.1, 0.15) is 0 Å². The highest BCUT2D eigenvalue weighted by Crippen LogP contribution is 2.35. The number of nitrogens with zero attached hydrogens (tertiary/aromatic N) is 2. The Labute approximate surface area is 211 Å². The number of aryl methyl sites for hydroxylation is 1. The Morgan fingerprint density at radius 2 is 1.71 bits per heavy atom. The third-order valence-corrected chi connectivity index (χ3v) is 7.29. The third kappa shape index (κ3) is 4.51. The lowest BCUT2D eigenvalue weighted by Gasteiger charge is -2.12. The van der Waals surface area contributed by atoms with Gasteiger partial charge in [-0.25, -0.2) is 0 Å². The van der Waals surface area contributed by atoms with E-state index >= 15 is 0 Å². The maximum atomic E-state index is 13.1. The topological polar surface area (TPSA) is 42.3 Å². The first-order valence-electron chi connectivity index (χ1n) is 10.7. The summed E-state index contributed by atoms with van der Waals surface area (Å²) < 4.78 is 2.09. The van der Waals surface area contributed by atoms with E-state index in [1.54, 1.807) is 6.07 Å². The molecule has 1 fully saturated rings. The van der Waals surface area contributed by atoms with Gasteiger partial charge < -0.3 is 4.57 Å². The van der Waals surface area contributed by atoms with Gasteiger partial charge in [0.2, 0.25) is 0 Å². The lowest BCUT2D eigenvalue weighted by atomic mass is 10.1. The van der Waals surface area contributed by atoms with Crippen molar-refractivity contribution in [1.82, 2.24) is 9.47 Å². The number of rotatable bonds is 5. The minimum Gasteiger partial charge on any atom is -0.342 e. The van der Waals surface area contributed by atoms with E-state index in [1.165, 1.54) is 4.90 Å². The molecule has 2 heterocycles. The van der Waals surface area contributed by atoms with Crippen LogP contribution in [0.1, 0.15) is 22.3 Å². The van der Waals surface area contributed by atoms with Crippen LogP contribution in [0.4, 0.5) is 4.79 Å². The molecule has 0 radical (unpaired) electrons. The van der Waals surface area contributed by atoms with E-state index < -0.39 is 0 Å². The summed E-state index contributed by atoms with van der Waals surface area (Å²) in [4.78, 5) is 27.4. The Bertz CT molecular complexity index is 1460. The van der Waals surface area contributed by atoms with E-state index in [-0.39, 0.29) is 17.7 Å². The van der Waals surface area contributed by atoms with Gasteiger partial charge in [0.15, 0.2) is 0 Å². The number of fused-ring (bicyclic) bond motifs is 1. The summed E-state index contributed by atoms with van der Waals surface area (Å²) in [6, 6.07) is 21.3. The number of halogens is 2. The number of aromatic nitrogens is 1. The zero-order valence-corrected chi connectivity index (χ0v) is 20.6. The molecule has 34 heavy (non-hydrogen) atoms. The molecule has 0 N–H and O–H groups in total. The third-order valence-electron chi connectivity index (χ3n) is 5.80. The lowest BCUT2D eigenvalue weighted by Crippen LogP contribution is -2.27. The second kappa shape index (κ2) is 9.34. The van der Waals surface area contributed by atoms with Crippen molar-refractivity contribution in [2.75, 3.05) is 0 Å². The first-order valence-corrected chi connectivity index (χ1v) is 12.3. The summed E-state index contributed by atoms with van der Waals surface area (Å²) in [5.41, 5.74) is 4.89. The Morgan fingerprint density at radius 1 is 0.941 bits per heavy atom. The van der Waals surface area contributed by atoms with Crippen LogP contribution in [0.5, 0.6) is 0 Å². The number of hydrogen-bond acceptors (Lipinski definition) is 3. The highest BCUT2D eigenvalue weighted by Gasteiger charge is 2.35. The van der Waals surface area contributed by atoms with Crippen LogP contribution in [-0.4, -0.2) is 20.6 Å². The summed E-state index contributed by atoms with van der Waals surface area (Å²) in [5, 5.41) is 1.93. The van der Waals surface area contributed by atoms with Crippen molar-refractivity contribution in [2.24, 2.45) is 0 Å². The molecule has 7 heteroatoms. The van der Waals surface area contributed by atoms with E-state index in [9.17, 15) is 9.59 Å². The van der Waals surface area contributed by atoms with Gasteiger partial charge in [-0.15, -0.1) is 0 Å². The van der Waals surface area contributed by atoms with Gasteiger partial charge in [0.25, 0.3) is 11.1 Å². The largest absolute Gasteiger partial charge is 0.342 e. The molecule has 1 aromatic heterocycles. The Balaban J connectivity index is 1.46. The maximum absolute atomic E-state index is 13.1. The average molecular weight is 507 g/mol. The van der Waals surface area contributed by atoms with Gasteiger partial charge >= 0.3 is 0 Å². The van der Waals surface area contributed by atoms with Crippen LogP contribution in [0.2, 0.25) is 10.0 Å². The van der Waals surface area contributed by atoms with E-state index in [2.05, 4.69) is 4.57 Å². The summed E-state index contributed by atoms with van der Waals surface area (Å²) in [6.45, 7) is 2.82. The van der Waals surface area contributed by atoms with Crippen molar-refractivity contribution in [2.45, 2.75) is 20.0 Å². The SMILES string of the molecule is Cc1ccc(CN2C(=O)S/C(=C\c3cn(Cc4ccc(Cl)cc4Cl)c4ccccc34)C2=O)cc1. The van der Waals surface area contributed by atoms with E-state index in [0.29, 0.717) is 21.5 Å². The molecule has 1 aliphatic rings. The van der Waals surface area contributed by atoms with Crippen molar-refractivity contribution in [1.29, 1.82) is 0 Å². The van der Waals surface area contributed by atoms with Crippen molar-refractivity contribution in [3.05, 3.63) is 110 Å². The molecule has 170 valence electrons. The predicted octanol–water partition coefficient (Wildman–Crippen LogP) is 7.54. The van der Waals surface area contributed by atoms with E-state index in [0.717, 1.165) is 44.9 Å². The monoisotopic (exact) mass is 506 g/mol. The smallest absolute Gasteiger partial charge is 0.293 e. The highest BCUT2D eigenvalue weighted by atomic mass is 35.5. The van der Waals surface area contributed by atoms with Crippen molar-refractivity contribution in [3.8, 4) is 0 Å². The second-order valence-electron chi connectivity index (χ2n) is 8.22. The van der Waals surface area contributed by atoms with Crippen LogP contribution in [-0.2, 0) is 17.9 Å². The van der Waals surface area contributed by atoms with E-state index in [1.807, 2.05) is 79.9 Å². The number of carbonyl (C=O) groups excluding carboxylic acids is 2. The number of para-hydroxylation sites is 1.